The van der Waals surface area contributed by atoms with Crippen molar-refractivity contribution in [3.8, 4) is 0 Å². The van der Waals surface area contributed by atoms with Gasteiger partial charge >= 0.3 is 5.97 Å². The van der Waals surface area contributed by atoms with Gasteiger partial charge < -0.3 is 15.2 Å². The average molecular weight is 421 g/mol. The number of carboxylic acid groups (broad SMARTS) is 1. The number of rotatable bonds is 8. The Morgan fingerprint density at radius 3 is 2.86 bits per heavy atom. The third-order valence-corrected chi connectivity index (χ3v) is 5.98. The van der Waals surface area contributed by atoms with E-state index in [1.807, 2.05) is 0 Å². The van der Waals surface area contributed by atoms with E-state index in [0.717, 1.165) is 11.8 Å². The fraction of sp³-hybridized carbons (Fsp3) is 0.500. The van der Waals surface area contributed by atoms with E-state index >= 15 is 0 Å². The normalized spacial score (nSPS) is 21.8. The first-order valence-corrected chi connectivity index (χ1v) is 10.6. The van der Waals surface area contributed by atoms with Gasteiger partial charge in [-0.25, -0.2) is 4.39 Å². The van der Waals surface area contributed by atoms with Crippen molar-refractivity contribution in [3.63, 3.8) is 0 Å². The molecule has 0 aromatic heterocycles. The zero-order valence-corrected chi connectivity index (χ0v) is 16.8. The molecule has 1 aliphatic heterocycles. The number of benzene rings is 1. The number of hydrogen-bond acceptors (Lipinski definition) is 6. The Morgan fingerprint density at radius 2 is 2.14 bits per heavy atom. The van der Waals surface area contributed by atoms with Crippen LogP contribution < -0.4 is 5.32 Å². The van der Waals surface area contributed by atoms with Gasteiger partial charge in [-0.2, -0.15) is 5.10 Å². The highest BCUT2D eigenvalue weighted by molar-refractivity contribution is 8.15. The summed E-state index contributed by atoms with van der Waals surface area (Å²) in [6.45, 7) is 0.919. The number of carbonyl (C=O) groups excluding carboxylic acids is 1. The van der Waals surface area contributed by atoms with Gasteiger partial charge in [0.2, 0.25) is 5.91 Å². The van der Waals surface area contributed by atoms with Crippen molar-refractivity contribution < 1.29 is 23.8 Å². The molecule has 1 aromatic carbocycles. The first kappa shape index (κ1) is 21.4. The molecule has 156 valence electrons. The van der Waals surface area contributed by atoms with E-state index in [1.54, 1.807) is 12.1 Å². The largest absolute Gasteiger partial charge is 0.481 e. The molecule has 3 rings (SSSR count). The molecule has 1 aliphatic carbocycles. The lowest BCUT2D eigenvalue weighted by Crippen LogP contribution is -2.26. The highest BCUT2D eigenvalue weighted by atomic mass is 32.2. The number of halogens is 1. The van der Waals surface area contributed by atoms with Gasteiger partial charge in [0, 0.05) is 12.2 Å². The van der Waals surface area contributed by atoms with Gasteiger partial charge in [-0.1, -0.05) is 43.2 Å². The summed E-state index contributed by atoms with van der Waals surface area (Å²) in [5.74, 6) is -1.24. The summed E-state index contributed by atoms with van der Waals surface area (Å²) in [7, 11) is 0. The Labute approximate surface area is 172 Å². The molecular formula is C20H24FN3O4S. The monoisotopic (exact) mass is 421 g/mol. The third-order valence-electron chi connectivity index (χ3n) is 4.90. The fourth-order valence-corrected chi connectivity index (χ4v) is 4.26. The van der Waals surface area contributed by atoms with E-state index in [9.17, 15) is 14.0 Å². The summed E-state index contributed by atoms with van der Waals surface area (Å²) in [6, 6.07) is 4.75. The van der Waals surface area contributed by atoms with Crippen molar-refractivity contribution >= 4 is 35.0 Å². The topological polar surface area (TPSA) is 100 Å². The fourth-order valence-electron chi connectivity index (χ4n) is 3.34. The van der Waals surface area contributed by atoms with Crippen molar-refractivity contribution in [1.29, 1.82) is 0 Å². The van der Waals surface area contributed by atoms with Crippen molar-refractivity contribution in [1.82, 2.24) is 5.32 Å². The smallest absolute Gasteiger partial charge is 0.305 e. The maximum absolute atomic E-state index is 14.3. The summed E-state index contributed by atoms with van der Waals surface area (Å²) in [5, 5.41) is 18.5. The lowest BCUT2D eigenvalue weighted by atomic mass is 9.90. The number of ether oxygens (including phenoxy) is 1. The Kier molecular flexibility index (Phi) is 7.76. The van der Waals surface area contributed by atoms with Gasteiger partial charge in [0.1, 0.15) is 11.1 Å². The first-order chi connectivity index (χ1) is 14.0. The van der Waals surface area contributed by atoms with Gasteiger partial charge in [-0.15, -0.1) is 5.10 Å². The van der Waals surface area contributed by atoms with Crippen LogP contribution in [0.5, 0.6) is 0 Å². The van der Waals surface area contributed by atoms with E-state index in [0.29, 0.717) is 23.7 Å². The molecule has 0 radical (unpaired) electrons. The summed E-state index contributed by atoms with van der Waals surface area (Å²) < 4.78 is 20.0. The molecule has 2 N–H and O–H groups in total. The van der Waals surface area contributed by atoms with Gasteiger partial charge in [-0.3, -0.25) is 9.59 Å². The first-order valence-electron chi connectivity index (χ1n) is 9.68. The molecule has 1 aromatic rings. The predicted octanol–water partition coefficient (Wildman–Crippen LogP) is 3.32. The Hall–Kier alpha value is -2.26. The van der Waals surface area contributed by atoms with Gasteiger partial charge in [0.25, 0.3) is 0 Å². The lowest BCUT2D eigenvalue weighted by Gasteiger charge is -2.21. The third kappa shape index (κ3) is 6.64. The molecule has 1 saturated heterocycles. The Morgan fingerprint density at radius 1 is 1.34 bits per heavy atom. The lowest BCUT2D eigenvalue weighted by molar-refractivity contribution is -0.138. The van der Waals surface area contributed by atoms with E-state index in [1.165, 1.54) is 44.4 Å². The van der Waals surface area contributed by atoms with E-state index in [-0.39, 0.29) is 24.0 Å². The summed E-state index contributed by atoms with van der Waals surface area (Å²) in [6.07, 6.45) is 7.28. The molecular weight excluding hydrogens is 397 g/mol. The highest BCUT2D eigenvalue weighted by Gasteiger charge is 2.32. The number of hydrogen-bond donors (Lipinski definition) is 2. The molecule has 1 atom stereocenters. The maximum atomic E-state index is 14.3. The average Bonchev–Trinajstić information content (AvgIpc) is 3.03. The second kappa shape index (κ2) is 10.5. The molecule has 2 aliphatic rings. The minimum atomic E-state index is -1.05. The van der Waals surface area contributed by atoms with Gasteiger partial charge in [-0.05, 0) is 30.4 Å². The molecule has 29 heavy (non-hydrogen) atoms. The molecule has 1 amide bonds. The molecule has 9 heteroatoms. The van der Waals surface area contributed by atoms with Crippen LogP contribution >= 0.6 is 11.8 Å². The van der Waals surface area contributed by atoms with Crippen LogP contribution in [0.4, 0.5) is 4.39 Å². The second-order valence-corrected chi connectivity index (χ2v) is 8.40. The van der Waals surface area contributed by atoms with Gasteiger partial charge in [0.15, 0.2) is 5.17 Å². The van der Waals surface area contributed by atoms with Crippen molar-refractivity contribution in [2.45, 2.75) is 50.4 Å². The minimum Gasteiger partial charge on any atom is -0.481 e. The highest BCUT2D eigenvalue weighted by Crippen LogP contribution is 2.24. The maximum Gasteiger partial charge on any atom is 0.305 e. The van der Waals surface area contributed by atoms with Gasteiger partial charge in [0.05, 0.1) is 19.2 Å². The number of nitrogens with zero attached hydrogens (tertiary/aromatic N) is 2. The number of carboxylic acids is 1. The zero-order chi connectivity index (χ0) is 20.6. The van der Waals surface area contributed by atoms with Crippen molar-refractivity contribution in [2.75, 3.05) is 6.61 Å². The molecule has 0 spiro atoms. The number of amides is 1. The van der Waals surface area contributed by atoms with Crippen LogP contribution in [0.2, 0.25) is 0 Å². The van der Waals surface area contributed by atoms with Crippen LogP contribution in [0.15, 0.2) is 28.4 Å². The molecule has 2 fully saturated rings. The molecule has 7 nitrogen and oxygen atoms in total. The summed E-state index contributed by atoms with van der Waals surface area (Å²) in [5.41, 5.74) is 1.03. The molecule has 0 bridgehead atoms. The Bertz CT molecular complexity index is 809. The number of amidine groups is 1. The second-order valence-electron chi connectivity index (χ2n) is 7.21. The Balaban J connectivity index is 1.49. The summed E-state index contributed by atoms with van der Waals surface area (Å²) >= 11 is 1.01. The van der Waals surface area contributed by atoms with E-state index in [2.05, 4.69) is 15.5 Å². The zero-order valence-electron chi connectivity index (χ0n) is 16.0. The number of aliphatic carboxylic acids is 1. The quantitative estimate of drug-likeness (QED) is 0.495. The number of carbonyl (C=O) groups is 2. The van der Waals surface area contributed by atoms with Crippen LogP contribution in [-0.4, -0.2) is 40.2 Å². The van der Waals surface area contributed by atoms with Crippen molar-refractivity contribution in [3.05, 3.63) is 35.1 Å². The van der Waals surface area contributed by atoms with Crippen LogP contribution in [0.3, 0.4) is 0 Å². The predicted molar refractivity (Wildman–Crippen MR) is 109 cm³/mol. The van der Waals surface area contributed by atoms with Crippen LogP contribution in [0.1, 0.15) is 49.7 Å². The van der Waals surface area contributed by atoms with Crippen LogP contribution in [-0.2, 0) is 20.9 Å². The van der Waals surface area contributed by atoms with Crippen LogP contribution in [0, 0.1) is 11.7 Å². The van der Waals surface area contributed by atoms with E-state index in [4.69, 9.17) is 9.84 Å². The standard InChI is InChI=1S/C20H24FN3O4S/c21-16-8-14(6-7-15(16)12-28-11-13-4-2-1-3-5-13)10-22-24-20-23-19(27)17(29-20)9-18(25)26/h6-8,10,13,17H,1-5,9,11-12H2,(H,25,26)(H,23,24,27). The number of nitrogens with one attached hydrogen (secondary N) is 1. The summed E-state index contributed by atoms with van der Waals surface area (Å²) in [4.78, 5) is 22.3. The molecule has 1 saturated carbocycles. The van der Waals surface area contributed by atoms with E-state index < -0.39 is 17.1 Å². The van der Waals surface area contributed by atoms with Crippen molar-refractivity contribution in [2.24, 2.45) is 16.1 Å². The molecule has 1 unspecified atom stereocenters. The molecule has 1 heterocycles. The SMILES string of the molecule is O=C(O)CC1SC(=NN=Cc2ccc(COCC3CCCCC3)c(F)c2)NC1=O. The number of thioether (sulfide) groups is 1. The van der Waals surface area contributed by atoms with Crippen LogP contribution in [0.25, 0.3) is 0 Å². The minimum absolute atomic E-state index is 0.228.